The highest BCUT2D eigenvalue weighted by atomic mass is 35.5. The fourth-order valence-corrected chi connectivity index (χ4v) is 3.77. The van der Waals surface area contributed by atoms with Gasteiger partial charge in [0.25, 0.3) is 5.91 Å². The first kappa shape index (κ1) is 20.5. The number of rotatable bonds is 4. The number of anilines is 1. The van der Waals surface area contributed by atoms with E-state index in [4.69, 9.17) is 27.9 Å². The number of ether oxygens (including phenoxy) is 1. The average Bonchev–Trinajstić information content (AvgIpc) is 2.69. The number of methoxy groups -OCH3 is 1. The molecule has 28 heavy (non-hydrogen) atoms. The van der Waals surface area contributed by atoms with Gasteiger partial charge >= 0.3 is 0 Å². The normalized spacial score (nSPS) is 14.6. The number of carbonyl (C=O) groups is 2. The summed E-state index contributed by atoms with van der Waals surface area (Å²) >= 11 is 12.2. The van der Waals surface area contributed by atoms with Crippen molar-refractivity contribution >= 4 is 40.7 Å². The van der Waals surface area contributed by atoms with Crippen LogP contribution in [0, 0.1) is 12.8 Å². The van der Waals surface area contributed by atoms with Crippen molar-refractivity contribution in [3.63, 3.8) is 0 Å². The summed E-state index contributed by atoms with van der Waals surface area (Å²) < 4.78 is 5.27. The van der Waals surface area contributed by atoms with Gasteiger partial charge in [-0.2, -0.15) is 0 Å². The lowest BCUT2D eigenvalue weighted by Crippen LogP contribution is -2.41. The third-order valence-electron chi connectivity index (χ3n) is 4.93. The van der Waals surface area contributed by atoms with Gasteiger partial charge in [-0.3, -0.25) is 9.59 Å². The molecule has 1 heterocycles. The Bertz CT molecular complexity index is 893. The van der Waals surface area contributed by atoms with Gasteiger partial charge in [0.2, 0.25) is 5.91 Å². The highest BCUT2D eigenvalue weighted by Crippen LogP contribution is 2.28. The van der Waals surface area contributed by atoms with Crippen LogP contribution in [-0.4, -0.2) is 36.9 Å². The number of benzene rings is 2. The number of amides is 2. The molecule has 2 amide bonds. The summed E-state index contributed by atoms with van der Waals surface area (Å²) in [7, 11) is 1.52. The lowest BCUT2D eigenvalue weighted by atomic mass is 9.95. The van der Waals surface area contributed by atoms with Crippen LogP contribution >= 0.6 is 23.2 Å². The Kier molecular flexibility index (Phi) is 6.47. The second kappa shape index (κ2) is 8.84. The standard InChI is InChI=1S/C21H22Cl2N2O3/c1-13-3-5-18(17(23)11-13)24-20(26)14-7-9-25(10-8-14)21(27)16-12-15(22)4-6-19(16)28-2/h3-6,11-12,14H,7-10H2,1-2H3,(H,24,26). The number of nitrogens with one attached hydrogen (secondary N) is 1. The number of hydrogen-bond donors (Lipinski definition) is 1. The molecule has 0 unspecified atom stereocenters. The van der Waals surface area contributed by atoms with E-state index in [1.807, 2.05) is 19.1 Å². The maximum Gasteiger partial charge on any atom is 0.257 e. The molecule has 0 atom stereocenters. The van der Waals surface area contributed by atoms with E-state index in [1.54, 1.807) is 29.2 Å². The van der Waals surface area contributed by atoms with Crippen molar-refractivity contribution in [2.24, 2.45) is 5.92 Å². The van der Waals surface area contributed by atoms with Crippen LogP contribution in [0.4, 0.5) is 5.69 Å². The minimum atomic E-state index is -0.164. The Morgan fingerprint density at radius 3 is 2.46 bits per heavy atom. The Morgan fingerprint density at radius 1 is 1.11 bits per heavy atom. The molecule has 0 bridgehead atoms. The van der Waals surface area contributed by atoms with Gasteiger partial charge in [0, 0.05) is 24.0 Å². The van der Waals surface area contributed by atoms with Crippen LogP contribution in [0.2, 0.25) is 10.0 Å². The van der Waals surface area contributed by atoms with Crippen LogP contribution in [0.1, 0.15) is 28.8 Å². The number of likely N-dealkylation sites (tertiary alicyclic amines) is 1. The van der Waals surface area contributed by atoms with Crippen molar-refractivity contribution in [2.75, 3.05) is 25.5 Å². The van der Waals surface area contributed by atoms with Gasteiger partial charge in [-0.15, -0.1) is 0 Å². The van der Waals surface area contributed by atoms with Crippen LogP contribution in [0.5, 0.6) is 5.75 Å². The topological polar surface area (TPSA) is 58.6 Å². The van der Waals surface area contributed by atoms with Gasteiger partial charge in [0.1, 0.15) is 5.75 Å². The van der Waals surface area contributed by atoms with Crippen molar-refractivity contribution < 1.29 is 14.3 Å². The zero-order valence-electron chi connectivity index (χ0n) is 15.8. The van der Waals surface area contributed by atoms with E-state index < -0.39 is 0 Å². The van der Waals surface area contributed by atoms with Crippen molar-refractivity contribution in [1.82, 2.24) is 4.90 Å². The molecular formula is C21H22Cl2N2O3. The predicted octanol–water partition coefficient (Wildman–Crippen LogP) is 4.80. The van der Waals surface area contributed by atoms with E-state index in [1.165, 1.54) is 7.11 Å². The van der Waals surface area contributed by atoms with Gasteiger partial charge < -0.3 is 15.0 Å². The third-order valence-corrected chi connectivity index (χ3v) is 5.48. The Labute approximate surface area is 174 Å². The maximum absolute atomic E-state index is 12.8. The second-order valence-electron chi connectivity index (χ2n) is 6.88. The van der Waals surface area contributed by atoms with Gasteiger partial charge in [-0.1, -0.05) is 29.3 Å². The molecule has 7 heteroatoms. The monoisotopic (exact) mass is 420 g/mol. The molecule has 0 saturated carbocycles. The summed E-state index contributed by atoms with van der Waals surface area (Å²) in [5.74, 6) is 0.115. The van der Waals surface area contributed by atoms with E-state index in [0.29, 0.717) is 53.0 Å². The Hall–Kier alpha value is -2.24. The number of hydrogen-bond acceptors (Lipinski definition) is 3. The highest BCUT2D eigenvalue weighted by Gasteiger charge is 2.29. The van der Waals surface area contributed by atoms with Crippen LogP contribution in [0.25, 0.3) is 0 Å². The third kappa shape index (κ3) is 4.59. The Balaban J connectivity index is 1.62. The molecule has 5 nitrogen and oxygen atoms in total. The molecule has 2 aromatic rings. The quantitative estimate of drug-likeness (QED) is 0.772. The van der Waals surface area contributed by atoms with Crippen molar-refractivity contribution in [3.05, 3.63) is 57.6 Å². The molecule has 148 valence electrons. The fourth-order valence-electron chi connectivity index (χ4n) is 3.32. The average molecular weight is 421 g/mol. The molecule has 0 aliphatic carbocycles. The number of piperidine rings is 1. The number of carbonyl (C=O) groups excluding carboxylic acids is 2. The molecule has 0 aromatic heterocycles. The summed E-state index contributed by atoms with van der Waals surface area (Å²) in [5.41, 5.74) is 2.08. The minimum absolute atomic E-state index is 0.0711. The Morgan fingerprint density at radius 2 is 1.82 bits per heavy atom. The first-order valence-corrected chi connectivity index (χ1v) is 9.84. The molecule has 1 aliphatic heterocycles. The second-order valence-corrected chi connectivity index (χ2v) is 7.73. The maximum atomic E-state index is 12.8. The molecule has 1 saturated heterocycles. The molecular weight excluding hydrogens is 399 g/mol. The predicted molar refractivity (Wildman–Crippen MR) is 111 cm³/mol. The summed E-state index contributed by atoms with van der Waals surface area (Å²) in [6.07, 6.45) is 1.17. The largest absolute Gasteiger partial charge is 0.496 e. The van der Waals surface area contributed by atoms with Crippen LogP contribution in [0.3, 0.4) is 0 Å². The summed E-state index contributed by atoms with van der Waals surface area (Å²) in [5, 5.41) is 3.90. The SMILES string of the molecule is COc1ccc(Cl)cc1C(=O)N1CCC(C(=O)Nc2ccc(C)cc2Cl)CC1. The fraction of sp³-hybridized carbons (Fsp3) is 0.333. The first-order chi connectivity index (χ1) is 13.4. The lowest BCUT2D eigenvalue weighted by molar-refractivity contribution is -0.121. The number of aryl methyl sites for hydroxylation is 1. The van der Waals surface area contributed by atoms with Crippen LogP contribution in [0.15, 0.2) is 36.4 Å². The van der Waals surface area contributed by atoms with E-state index in [0.717, 1.165) is 5.56 Å². The summed E-state index contributed by atoms with van der Waals surface area (Å²) in [6, 6.07) is 10.5. The first-order valence-electron chi connectivity index (χ1n) is 9.09. The zero-order valence-corrected chi connectivity index (χ0v) is 17.3. The molecule has 3 rings (SSSR count). The number of halogens is 2. The molecule has 1 fully saturated rings. The van der Waals surface area contributed by atoms with E-state index in [9.17, 15) is 9.59 Å². The van der Waals surface area contributed by atoms with Crippen LogP contribution < -0.4 is 10.1 Å². The minimum Gasteiger partial charge on any atom is -0.496 e. The number of nitrogens with zero attached hydrogens (tertiary/aromatic N) is 1. The van der Waals surface area contributed by atoms with Gasteiger partial charge in [-0.25, -0.2) is 0 Å². The molecule has 0 radical (unpaired) electrons. The highest BCUT2D eigenvalue weighted by molar-refractivity contribution is 6.33. The van der Waals surface area contributed by atoms with Gasteiger partial charge in [0.05, 0.1) is 23.4 Å². The van der Waals surface area contributed by atoms with Gasteiger partial charge in [-0.05, 0) is 55.7 Å². The lowest BCUT2D eigenvalue weighted by Gasteiger charge is -2.31. The molecule has 1 aliphatic rings. The van der Waals surface area contributed by atoms with E-state index in [2.05, 4.69) is 5.32 Å². The molecule has 0 spiro atoms. The summed E-state index contributed by atoms with van der Waals surface area (Å²) in [6.45, 7) is 2.93. The van der Waals surface area contributed by atoms with Crippen molar-refractivity contribution in [1.29, 1.82) is 0 Å². The van der Waals surface area contributed by atoms with E-state index in [-0.39, 0.29) is 17.7 Å². The van der Waals surface area contributed by atoms with Gasteiger partial charge in [0.15, 0.2) is 0 Å². The smallest absolute Gasteiger partial charge is 0.257 e. The molecule has 2 aromatic carbocycles. The zero-order chi connectivity index (χ0) is 20.3. The molecule has 1 N–H and O–H groups in total. The van der Waals surface area contributed by atoms with Crippen molar-refractivity contribution in [3.8, 4) is 5.75 Å². The van der Waals surface area contributed by atoms with Crippen molar-refractivity contribution in [2.45, 2.75) is 19.8 Å². The van der Waals surface area contributed by atoms with E-state index >= 15 is 0 Å². The summed E-state index contributed by atoms with van der Waals surface area (Å²) in [4.78, 5) is 27.2. The van der Waals surface area contributed by atoms with Crippen LogP contribution in [-0.2, 0) is 4.79 Å².